The van der Waals surface area contributed by atoms with E-state index in [1.165, 1.54) is 10.5 Å². The molecule has 1 rings (SSSR count). The lowest BCUT2D eigenvalue weighted by molar-refractivity contribution is 0.310. The van der Waals surface area contributed by atoms with Crippen LogP contribution in [0.15, 0.2) is 11.2 Å². The molecule has 1 aromatic rings. The van der Waals surface area contributed by atoms with Gasteiger partial charge in [0.15, 0.2) is 5.03 Å². The third kappa shape index (κ3) is 3.43. The highest BCUT2D eigenvalue weighted by molar-refractivity contribution is 7.89. The van der Waals surface area contributed by atoms with Gasteiger partial charge in [-0.2, -0.15) is 9.40 Å². The van der Waals surface area contributed by atoms with E-state index >= 15 is 0 Å². The van der Waals surface area contributed by atoms with Crippen molar-refractivity contribution in [1.29, 1.82) is 0 Å². The number of sulfonamides is 1. The molecule has 0 fully saturated rings. The number of nitrogens with zero attached hydrogens (tertiary/aromatic N) is 2. The Morgan fingerprint density at radius 2 is 2.06 bits per heavy atom. The molecule has 0 unspecified atom stereocenters. The van der Waals surface area contributed by atoms with Crippen LogP contribution in [0.4, 0.5) is 0 Å². The average molecular weight is 280 g/mol. The highest BCUT2D eigenvalue weighted by Gasteiger charge is 2.28. The lowest BCUT2D eigenvalue weighted by atomic mass is 9.97. The predicted octanol–water partition coefficient (Wildman–Crippen LogP) is 1.82. The Morgan fingerprint density at radius 3 is 2.53 bits per heavy atom. The average Bonchev–Trinajstić information content (AvgIpc) is 2.62. The molecule has 0 amide bonds. The van der Waals surface area contributed by atoms with E-state index in [9.17, 15) is 8.42 Å². The van der Waals surface area contributed by atoms with Crippen LogP contribution in [0, 0.1) is 5.41 Å². The fourth-order valence-electron chi connectivity index (χ4n) is 1.53. The Bertz CT molecular complexity index is 476. The van der Waals surface area contributed by atoms with E-state index in [4.69, 9.17) is 11.6 Å². The van der Waals surface area contributed by atoms with Crippen molar-refractivity contribution in [1.82, 2.24) is 14.5 Å². The zero-order chi connectivity index (χ0) is 13.3. The van der Waals surface area contributed by atoms with Crippen molar-refractivity contribution in [2.75, 3.05) is 13.6 Å². The number of aromatic amines is 1. The molecule has 0 radical (unpaired) electrons. The monoisotopic (exact) mass is 279 g/mol. The second-order valence-electron chi connectivity index (χ2n) is 5.18. The predicted molar refractivity (Wildman–Crippen MR) is 67.4 cm³/mol. The molecule has 1 aromatic heterocycles. The van der Waals surface area contributed by atoms with E-state index in [2.05, 4.69) is 10.2 Å². The SMILES string of the molecule is CN(CC(C)(C)C)S(=O)(=O)c1[nH]ncc1CCl. The van der Waals surface area contributed by atoms with Crippen LogP contribution in [0.5, 0.6) is 0 Å². The molecule has 0 saturated heterocycles. The minimum atomic E-state index is -3.54. The molecule has 0 aliphatic heterocycles. The van der Waals surface area contributed by atoms with E-state index in [-0.39, 0.29) is 16.3 Å². The molecule has 1 N–H and O–H groups in total. The topological polar surface area (TPSA) is 66.1 Å². The first kappa shape index (κ1) is 14.5. The standard InChI is InChI=1S/C10H18ClN3O2S/c1-10(2,3)7-14(4)17(15,16)9-8(5-11)6-12-13-9/h6H,5,7H2,1-4H3,(H,12,13). The number of alkyl halides is 1. The van der Waals surface area contributed by atoms with Crippen LogP contribution < -0.4 is 0 Å². The summed E-state index contributed by atoms with van der Waals surface area (Å²) in [5.74, 6) is 0.119. The third-order valence-electron chi connectivity index (χ3n) is 2.19. The van der Waals surface area contributed by atoms with Gasteiger partial charge in [-0.15, -0.1) is 11.6 Å². The second kappa shape index (κ2) is 4.96. The zero-order valence-corrected chi connectivity index (χ0v) is 12.1. The zero-order valence-electron chi connectivity index (χ0n) is 10.5. The normalized spacial score (nSPS) is 13.3. The summed E-state index contributed by atoms with van der Waals surface area (Å²) in [6.45, 7) is 6.37. The van der Waals surface area contributed by atoms with Crippen LogP contribution in [0.25, 0.3) is 0 Å². The van der Waals surface area contributed by atoms with Crippen LogP contribution in [-0.2, 0) is 15.9 Å². The highest BCUT2D eigenvalue weighted by Crippen LogP contribution is 2.22. The van der Waals surface area contributed by atoms with Gasteiger partial charge in [0.05, 0.1) is 12.1 Å². The molecule has 7 heteroatoms. The van der Waals surface area contributed by atoms with Crippen molar-refractivity contribution in [3.8, 4) is 0 Å². The lowest BCUT2D eigenvalue weighted by Crippen LogP contribution is -2.35. The third-order valence-corrected chi connectivity index (χ3v) is 4.29. The van der Waals surface area contributed by atoms with Gasteiger partial charge in [-0.05, 0) is 5.41 Å². The highest BCUT2D eigenvalue weighted by atomic mass is 35.5. The van der Waals surface area contributed by atoms with E-state index < -0.39 is 10.0 Å². The van der Waals surface area contributed by atoms with Crippen molar-refractivity contribution in [3.05, 3.63) is 11.8 Å². The molecule has 0 atom stereocenters. The summed E-state index contributed by atoms with van der Waals surface area (Å²) in [4.78, 5) is 0. The van der Waals surface area contributed by atoms with Gasteiger partial charge in [0.25, 0.3) is 10.0 Å². The van der Waals surface area contributed by atoms with Gasteiger partial charge >= 0.3 is 0 Å². The number of halogens is 1. The van der Waals surface area contributed by atoms with Gasteiger partial charge in [-0.1, -0.05) is 20.8 Å². The van der Waals surface area contributed by atoms with Crippen LogP contribution in [0.1, 0.15) is 26.3 Å². The van der Waals surface area contributed by atoms with Crippen molar-refractivity contribution < 1.29 is 8.42 Å². The summed E-state index contributed by atoms with van der Waals surface area (Å²) < 4.78 is 25.8. The Morgan fingerprint density at radius 1 is 1.47 bits per heavy atom. The summed E-state index contributed by atoms with van der Waals surface area (Å²) in [5.41, 5.74) is 0.385. The van der Waals surface area contributed by atoms with Crippen LogP contribution in [0.3, 0.4) is 0 Å². The van der Waals surface area contributed by atoms with Crippen molar-refractivity contribution in [2.24, 2.45) is 5.41 Å². The number of H-pyrrole nitrogens is 1. The van der Waals surface area contributed by atoms with Gasteiger partial charge in [0.2, 0.25) is 0 Å². The minimum absolute atomic E-state index is 0.0826. The number of nitrogens with one attached hydrogen (secondary N) is 1. The maximum atomic E-state index is 12.2. The largest absolute Gasteiger partial charge is 0.266 e. The van der Waals surface area contributed by atoms with E-state index in [1.807, 2.05) is 20.8 Å². The molecule has 98 valence electrons. The summed E-state index contributed by atoms with van der Waals surface area (Å²) in [6, 6.07) is 0. The molecule has 0 bridgehead atoms. The fraction of sp³-hybridized carbons (Fsp3) is 0.700. The van der Waals surface area contributed by atoms with Crippen molar-refractivity contribution >= 4 is 21.6 Å². The second-order valence-corrected chi connectivity index (χ2v) is 7.43. The Kier molecular flexibility index (Phi) is 4.22. The quantitative estimate of drug-likeness (QED) is 0.855. The number of aromatic nitrogens is 2. The first-order valence-corrected chi connectivity index (χ1v) is 7.20. The van der Waals surface area contributed by atoms with Crippen molar-refractivity contribution in [2.45, 2.75) is 31.7 Å². The molecule has 0 aliphatic carbocycles. The minimum Gasteiger partial charge on any atom is -0.266 e. The molecular weight excluding hydrogens is 262 g/mol. The van der Waals surface area contributed by atoms with E-state index in [0.717, 1.165) is 0 Å². The first-order valence-electron chi connectivity index (χ1n) is 5.23. The van der Waals surface area contributed by atoms with E-state index in [1.54, 1.807) is 7.05 Å². The molecule has 0 aliphatic rings. The van der Waals surface area contributed by atoms with Gasteiger partial charge in [-0.3, -0.25) is 5.10 Å². The maximum absolute atomic E-state index is 12.2. The summed E-state index contributed by atoms with van der Waals surface area (Å²) in [5, 5.41) is 6.31. The summed E-state index contributed by atoms with van der Waals surface area (Å²) >= 11 is 5.67. The molecule has 0 aromatic carbocycles. The molecule has 1 heterocycles. The maximum Gasteiger partial charge on any atom is 0.260 e. The van der Waals surface area contributed by atoms with Gasteiger partial charge < -0.3 is 0 Å². The Balaban J connectivity index is 3.04. The molecule has 5 nitrogen and oxygen atoms in total. The number of rotatable bonds is 4. The van der Waals surface area contributed by atoms with Crippen LogP contribution in [0.2, 0.25) is 0 Å². The smallest absolute Gasteiger partial charge is 0.260 e. The first-order chi connectivity index (χ1) is 7.68. The van der Waals surface area contributed by atoms with Crippen LogP contribution >= 0.6 is 11.6 Å². The summed E-state index contributed by atoms with van der Waals surface area (Å²) in [7, 11) is -1.99. The van der Waals surface area contributed by atoms with Gasteiger partial charge in [0, 0.05) is 19.2 Å². The number of hydrogen-bond donors (Lipinski definition) is 1. The molecule has 17 heavy (non-hydrogen) atoms. The Hall–Kier alpha value is -0.590. The van der Waals surface area contributed by atoms with Gasteiger partial charge in [0.1, 0.15) is 0 Å². The van der Waals surface area contributed by atoms with Crippen LogP contribution in [-0.4, -0.2) is 36.5 Å². The van der Waals surface area contributed by atoms with Crippen molar-refractivity contribution in [3.63, 3.8) is 0 Å². The molecule has 0 spiro atoms. The van der Waals surface area contributed by atoms with E-state index in [0.29, 0.717) is 12.1 Å². The molecular formula is C10H18ClN3O2S. The summed E-state index contributed by atoms with van der Waals surface area (Å²) in [6.07, 6.45) is 1.44. The number of hydrogen-bond acceptors (Lipinski definition) is 3. The Labute approximate surface area is 107 Å². The molecule has 0 saturated carbocycles. The van der Waals surface area contributed by atoms with Gasteiger partial charge in [-0.25, -0.2) is 8.42 Å². The fourth-order valence-corrected chi connectivity index (χ4v) is 3.30. The lowest BCUT2D eigenvalue weighted by Gasteiger charge is -2.25.